The van der Waals surface area contributed by atoms with E-state index in [0.29, 0.717) is 5.56 Å². The number of rotatable bonds is 1. The summed E-state index contributed by atoms with van der Waals surface area (Å²) in [6.07, 6.45) is -4.41. The van der Waals surface area contributed by atoms with Gasteiger partial charge in [-0.1, -0.05) is 34.8 Å². The first-order valence-electron chi connectivity index (χ1n) is 4.76. The van der Waals surface area contributed by atoms with Crippen LogP contribution in [0.2, 0.25) is 0 Å². The Morgan fingerprint density at radius 2 is 1.53 bits per heavy atom. The van der Waals surface area contributed by atoms with Crippen LogP contribution >= 0.6 is 34.8 Å². The molecule has 1 heterocycles. The highest BCUT2D eigenvalue weighted by Gasteiger charge is 2.32. The van der Waals surface area contributed by atoms with E-state index in [-0.39, 0.29) is 11.8 Å². The van der Waals surface area contributed by atoms with Gasteiger partial charge in [0.15, 0.2) is 0 Å². The van der Waals surface area contributed by atoms with E-state index in [0.717, 1.165) is 12.1 Å². The first-order chi connectivity index (χ1) is 8.68. The van der Waals surface area contributed by atoms with Crippen LogP contribution in [0.1, 0.15) is 11.5 Å². The minimum Gasteiger partial charge on any atom is -0.416 e. The van der Waals surface area contributed by atoms with Crippen LogP contribution in [0.15, 0.2) is 28.7 Å². The molecule has 1 aromatic heterocycles. The van der Waals surface area contributed by atoms with Crippen LogP contribution < -0.4 is 0 Å². The molecule has 0 spiro atoms. The molecule has 0 aliphatic carbocycles. The van der Waals surface area contributed by atoms with Crippen molar-refractivity contribution in [3.05, 3.63) is 35.7 Å². The molecule has 0 atom stereocenters. The lowest BCUT2D eigenvalue weighted by molar-refractivity contribution is -0.137. The third-order valence-electron chi connectivity index (χ3n) is 2.13. The van der Waals surface area contributed by atoms with Crippen molar-refractivity contribution in [1.29, 1.82) is 0 Å². The monoisotopic (exact) mass is 330 g/mol. The second-order valence-electron chi connectivity index (χ2n) is 3.49. The maximum Gasteiger partial charge on any atom is 0.416 e. The van der Waals surface area contributed by atoms with Crippen LogP contribution in [-0.4, -0.2) is 10.2 Å². The van der Waals surface area contributed by atoms with Crippen molar-refractivity contribution in [3.8, 4) is 11.5 Å². The van der Waals surface area contributed by atoms with E-state index in [1.54, 1.807) is 0 Å². The normalized spacial score (nSPS) is 12.7. The van der Waals surface area contributed by atoms with Crippen molar-refractivity contribution in [2.75, 3.05) is 0 Å². The Morgan fingerprint density at radius 1 is 0.947 bits per heavy atom. The van der Waals surface area contributed by atoms with Crippen LogP contribution in [0.5, 0.6) is 0 Å². The lowest BCUT2D eigenvalue weighted by atomic mass is 10.1. The molecule has 9 heteroatoms. The lowest BCUT2D eigenvalue weighted by Crippen LogP contribution is -2.03. The topological polar surface area (TPSA) is 38.9 Å². The van der Waals surface area contributed by atoms with Gasteiger partial charge in [0.1, 0.15) is 0 Å². The molecule has 2 aromatic rings. The van der Waals surface area contributed by atoms with Gasteiger partial charge in [-0.3, -0.25) is 0 Å². The first kappa shape index (κ1) is 14.4. The summed E-state index contributed by atoms with van der Waals surface area (Å²) >= 11 is 16.6. The third kappa shape index (κ3) is 3.32. The van der Waals surface area contributed by atoms with E-state index in [1.165, 1.54) is 12.1 Å². The van der Waals surface area contributed by atoms with E-state index >= 15 is 0 Å². The predicted octanol–water partition coefficient (Wildman–Crippen LogP) is 4.58. The fourth-order valence-corrected chi connectivity index (χ4v) is 1.49. The smallest absolute Gasteiger partial charge is 0.416 e. The van der Waals surface area contributed by atoms with Crippen molar-refractivity contribution in [2.24, 2.45) is 0 Å². The van der Waals surface area contributed by atoms with Gasteiger partial charge in [0.25, 0.3) is 9.68 Å². The van der Waals surface area contributed by atoms with Gasteiger partial charge in [0.2, 0.25) is 5.89 Å². The highest BCUT2D eigenvalue weighted by molar-refractivity contribution is 6.66. The van der Waals surface area contributed by atoms with Crippen LogP contribution in [-0.2, 0) is 9.97 Å². The maximum atomic E-state index is 12.4. The molecule has 0 aliphatic heterocycles. The van der Waals surface area contributed by atoms with Crippen molar-refractivity contribution in [1.82, 2.24) is 10.2 Å². The molecule has 1 aromatic carbocycles. The Bertz CT molecular complexity index is 575. The predicted molar refractivity (Wildman–Crippen MR) is 64.0 cm³/mol. The highest BCUT2D eigenvalue weighted by Crippen LogP contribution is 2.38. The molecular weight excluding hydrogens is 327 g/mol. The number of alkyl halides is 6. The van der Waals surface area contributed by atoms with Gasteiger partial charge in [0, 0.05) is 5.56 Å². The van der Waals surface area contributed by atoms with Crippen LogP contribution in [0.25, 0.3) is 11.5 Å². The fraction of sp³-hybridized carbons (Fsp3) is 0.200. The molecule has 0 saturated heterocycles. The molecule has 3 nitrogen and oxygen atoms in total. The zero-order valence-electron chi connectivity index (χ0n) is 8.88. The Labute approximate surface area is 120 Å². The second kappa shape index (κ2) is 4.85. The van der Waals surface area contributed by atoms with Crippen LogP contribution in [0, 0.1) is 0 Å². The Hall–Kier alpha value is -0.980. The molecule has 0 aliphatic rings. The van der Waals surface area contributed by atoms with E-state index in [9.17, 15) is 13.2 Å². The number of benzene rings is 1. The molecule has 0 unspecified atom stereocenters. The highest BCUT2D eigenvalue weighted by atomic mass is 35.6. The van der Waals surface area contributed by atoms with Crippen LogP contribution in [0.3, 0.4) is 0 Å². The van der Waals surface area contributed by atoms with Crippen molar-refractivity contribution < 1.29 is 17.6 Å². The molecule has 19 heavy (non-hydrogen) atoms. The summed E-state index contributed by atoms with van der Waals surface area (Å²) in [5.74, 6) is -0.289. The van der Waals surface area contributed by atoms with Crippen LogP contribution in [0.4, 0.5) is 13.2 Å². The summed E-state index contributed by atoms with van der Waals surface area (Å²) in [5.41, 5.74) is -0.488. The molecule has 0 saturated carbocycles. The standard InChI is InChI=1S/C10H4Cl3F3N2O/c11-9(12,13)8-18-17-7(19-8)5-1-3-6(4-2-5)10(14,15)16/h1-4H. The fourth-order valence-electron chi connectivity index (χ4n) is 1.26. The molecule has 0 radical (unpaired) electrons. The SMILES string of the molecule is FC(F)(F)c1ccc(-c2nnc(C(Cl)(Cl)Cl)o2)cc1. The van der Waals surface area contributed by atoms with Crippen molar-refractivity contribution >= 4 is 34.8 Å². The van der Waals surface area contributed by atoms with Gasteiger partial charge in [-0.25, -0.2) is 0 Å². The van der Waals surface area contributed by atoms with Crippen molar-refractivity contribution in [2.45, 2.75) is 9.97 Å². The maximum absolute atomic E-state index is 12.4. The summed E-state index contributed by atoms with van der Waals surface area (Å²) in [6.45, 7) is 0. The summed E-state index contributed by atoms with van der Waals surface area (Å²) < 4.78 is 40.3. The second-order valence-corrected chi connectivity index (χ2v) is 5.77. The number of nitrogens with zero attached hydrogens (tertiary/aromatic N) is 2. The Kier molecular flexibility index (Phi) is 3.68. The van der Waals surface area contributed by atoms with E-state index in [2.05, 4.69) is 10.2 Å². The summed E-state index contributed by atoms with van der Waals surface area (Å²) in [4.78, 5) is 0. The number of aromatic nitrogens is 2. The molecular formula is C10H4Cl3F3N2O. The van der Waals surface area contributed by atoms with E-state index in [1.807, 2.05) is 0 Å². The van der Waals surface area contributed by atoms with Gasteiger partial charge >= 0.3 is 6.18 Å². The zero-order chi connectivity index (χ0) is 14.3. The average molecular weight is 332 g/mol. The van der Waals surface area contributed by atoms with Gasteiger partial charge in [-0.15, -0.1) is 10.2 Å². The quantitative estimate of drug-likeness (QED) is 0.718. The summed E-state index contributed by atoms with van der Waals surface area (Å²) in [7, 11) is 0. The Balaban J connectivity index is 2.31. The lowest BCUT2D eigenvalue weighted by Gasteiger charge is -2.06. The zero-order valence-corrected chi connectivity index (χ0v) is 11.1. The summed E-state index contributed by atoms with van der Waals surface area (Å²) in [5, 5.41) is 7.09. The molecule has 102 valence electrons. The first-order valence-corrected chi connectivity index (χ1v) is 5.89. The minimum atomic E-state index is -4.41. The molecule has 2 rings (SSSR count). The molecule has 0 fully saturated rings. The van der Waals surface area contributed by atoms with Gasteiger partial charge < -0.3 is 4.42 Å². The largest absolute Gasteiger partial charge is 0.416 e. The number of hydrogen-bond donors (Lipinski definition) is 0. The minimum absolute atomic E-state index is 0.0324. The molecule has 0 amide bonds. The molecule has 0 bridgehead atoms. The third-order valence-corrected chi connectivity index (χ3v) is 2.61. The van der Waals surface area contributed by atoms with E-state index in [4.69, 9.17) is 39.2 Å². The number of halogens is 6. The number of hydrogen-bond acceptors (Lipinski definition) is 3. The van der Waals surface area contributed by atoms with Gasteiger partial charge in [-0.05, 0) is 24.3 Å². The van der Waals surface area contributed by atoms with Gasteiger partial charge in [0.05, 0.1) is 5.56 Å². The van der Waals surface area contributed by atoms with Gasteiger partial charge in [-0.2, -0.15) is 13.2 Å². The molecule has 0 N–H and O–H groups in total. The average Bonchev–Trinajstić information content (AvgIpc) is 2.77. The Morgan fingerprint density at radius 3 is 1.95 bits per heavy atom. The summed E-state index contributed by atoms with van der Waals surface area (Å²) in [6, 6.07) is 4.18. The van der Waals surface area contributed by atoms with Crippen molar-refractivity contribution in [3.63, 3.8) is 0 Å². The van der Waals surface area contributed by atoms with E-state index < -0.39 is 15.5 Å².